The van der Waals surface area contributed by atoms with E-state index in [-0.39, 0.29) is 11.8 Å². The Morgan fingerprint density at radius 3 is 2.76 bits per heavy atom. The molecule has 1 aromatic carbocycles. The van der Waals surface area contributed by atoms with Crippen molar-refractivity contribution in [3.8, 4) is 5.75 Å². The molecule has 2 N–H and O–H groups in total. The number of aromatic nitrogens is 1. The molecule has 0 amide bonds. The second kappa shape index (κ2) is 7.55. The Balaban J connectivity index is 1.94. The number of pyridine rings is 1. The van der Waals surface area contributed by atoms with E-state index in [9.17, 15) is 4.79 Å². The van der Waals surface area contributed by atoms with E-state index >= 15 is 0 Å². The first kappa shape index (κ1) is 15.2. The number of nitrogens with zero attached hydrogens (tertiary/aromatic N) is 1. The minimum Gasteiger partial charge on any atom is -0.492 e. The molecule has 0 aliphatic rings. The Morgan fingerprint density at radius 1 is 1.29 bits per heavy atom. The van der Waals surface area contributed by atoms with Crippen molar-refractivity contribution in [3.63, 3.8) is 0 Å². The quantitative estimate of drug-likeness (QED) is 0.793. The zero-order chi connectivity index (χ0) is 15.1. The molecule has 0 spiro atoms. The van der Waals surface area contributed by atoms with Crippen LogP contribution in [0.3, 0.4) is 0 Å². The molecule has 2 rings (SSSR count). The van der Waals surface area contributed by atoms with Gasteiger partial charge in [0.2, 0.25) is 0 Å². The van der Waals surface area contributed by atoms with Crippen molar-refractivity contribution in [1.29, 1.82) is 0 Å². The van der Waals surface area contributed by atoms with Gasteiger partial charge in [0.15, 0.2) is 5.78 Å². The number of carbonyl (C=O) groups is 1. The Labute approximate surface area is 125 Å². The molecule has 0 saturated carbocycles. The van der Waals surface area contributed by atoms with Crippen molar-refractivity contribution in [2.24, 2.45) is 5.73 Å². The van der Waals surface area contributed by atoms with E-state index in [0.717, 1.165) is 5.56 Å². The van der Waals surface area contributed by atoms with E-state index in [1.165, 1.54) is 0 Å². The van der Waals surface area contributed by atoms with Crippen LogP contribution in [0, 0.1) is 0 Å². The minimum atomic E-state index is -0.127. The van der Waals surface area contributed by atoms with Crippen LogP contribution in [0.4, 0.5) is 0 Å². The lowest BCUT2D eigenvalue weighted by molar-refractivity contribution is 0.0976. The van der Waals surface area contributed by atoms with Crippen LogP contribution in [0.15, 0.2) is 48.8 Å². The van der Waals surface area contributed by atoms with E-state index in [4.69, 9.17) is 10.5 Å². The molecule has 0 aliphatic heterocycles. The third-order valence-corrected chi connectivity index (χ3v) is 3.26. The third kappa shape index (κ3) is 4.39. The smallest absolute Gasteiger partial charge is 0.164 e. The number of hydrogen-bond acceptors (Lipinski definition) is 4. The number of ether oxygens (including phenoxy) is 1. The molecule has 0 aliphatic carbocycles. The number of Topliss-reactive ketones (excluding diaryl/α,β-unsaturated/α-hetero) is 1. The molecular weight excluding hydrogens is 264 g/mol. The number of benzene rings is 1. The SMILES string of the molecule is CCOc1cncc(C(=O)CCC(N)c2ccccc2)c1. The summed E-state index contributed by atoms with van der Waals surface area (Å²) in [6.45, 7) is 2.45. The van der Waals surface area contributed by atoms with Gasteiger partial charge in [0, 0.05) is 24.2 Å². The summed E-state index contributed by atoms with van der Waals surface area (Å²) in [6, 6.07) is 11.4. The first-order valence-electron chi connectivity index (χ1n) is 7.12. The van der Waals surface area contributed by atoms with E-state index < -0.39 is 0 Å². The number of nitrogens with two attached hydrogens (primary N) is 1. The first-order chi connectivity index (χ1) is 10.2. The fourth-order valence-corrected chi connectivity index (χ4v) is 2.11. The average molecular weight is 284 g/mol. The van der Waals surface area contributed by atoms with Crippen molar-refractivity contribution in [3.05, 3.63) is 59.9 Å². The molecule has 1 atom stereocenters. The lowest BCUT2D eigenvalue weighted by Crippen LogP contribution is -2.12. The lowest BCUT2D eigenvalue weighted by Gasteiger charge is -2.11. The van der Waals surface area contributed by atoms with Gasteiger partial charge in [-0.05, 0) is 25.0 Å². The highest BCUT2D eigenvalue weighted by atomic mass is 16.5. The molecular formula is C17H20N2O2. The van der Waals surface area contributed by atoms with Gasteiger partial charge in [-0.25, -0.2) is 0 Å². The largest absolute Gasteiger partial charge is 0.492 e. The van der Waals surface area contributed by atoms with Crippen molar-refractivity contribution >= 4 is 5.78 Å². The summed E-state index contributed by atoms with van der Waals surface area (Å²) in [4.78, 5) is 16.2. The number of ketones is 1. The summed E-state index contributed by atoms with van der Waals surface area (Å²) >= 11 is 0. The van der Waals surface area contributed by atoms with Gasteiger partial charge in [-0.15, -0.1) is 0 Å². The van der Waals surface area contributed by atoms with Crippen LogP contribution in [0.2, 0.25) is 0 Å². The second-order valence-electron chi connectivity index (χ2n) is 4.82. The molecule has 0 fully saturated rings. The highest BCUT2D eigenvalue weighted by Crippen LogP contribution is 2.18. The fourth-order valence-electron chi connectivity index (χ4n) is 2.11. The summed E-state index contributed by atoms with van der Waals surface area (Å²) in [5, 5.41) is 0. The molecule has 1 heterocycles. The van der Waals surface area contributed by atoms with Crippen LogP contribution in [-0.2, 0) is 0 Å². The van der Waals surface area contributed by atoms with Crippen LogP contribution in [-0.4, -0.2) is 17.4 Å². The lowest BCUT2D eigenvalue weighted by atomic mass is 9.99. The Morgan fingerprint density at radius 2 is 2.05 bits per heavy atom. The maximum absolute atomic E-state index is 12.2. The van der Waals surface area contributed by atoms with Crippen LogP contribution in [0.25, 0.3) is 0 Å². The van der Waals surface area contributed by atoms with Gasteiger partial charge in [0.25, 0.3) is 0 Å². The van der Waals surface area contributed by atoms with Gasteiger partial charge >= 0.3 is 0 Å². The highest BCUT2D eigenvalue weighted by Gasteiger charge is 2.11. The molecule has 1 unspecified atom stereocenters. The number of carbonyl (C=O) groups excluding carboxylic acids is 1. The standard InChI is InChI=1S/C17H20N2O2/c1-2-21-15-10-14(11-19-12-15)17(20)9-8-16(18)13-6-4-3-5-7-13/h3-7,10-12,16H,2,8-9,18H2,1H3. The summed E-state index contributed by atoms with van der Waals surface area (Å²) < 4.78 is 5.35. The first-order valence-corrected chi connectivity index (χ1v) is 7.12. The van der Waals surface area contributed by atoms with Crippen molar-refractivity contribution in [1.82, 2.24) is 4.98 Å². The van der Waals surface area contributed by atoms with Gasteiger partial charge in [-0.1, -0.05) is 30.3 Å². The van der Waals surface area contributed by atoms with E-state index in [1.807, 2.05) is 37.3 Å². The number of rotatable bonds is 7. The summed E-state index contributed by atoms with van der Waals surface area (Å²) in [6.07, 6.45) is 4.18. The maximum atomic E-state index is 12.2. The Hall–Kier alpha value is -2.20. The molecule has 110 valence electrons. The minimum absolute atomic E-state index is 0.0374. The fraction of sp³-hybridized carbons (Fsp3) is 0.294. The van der Waals surface area contributed by atoms with Crippen molar-refractivity contribution < 1.29 is 9.53 Å². The predicted octanol–water partition coefficient (Wildman–Crippen LogP) is 3.14. The normalized spacial score (nSPS) is 11.9. The van der Waals surface area contributed by atoms with Crippen LogP contribution < -0.4 is 10.5 Å². The van der Waals surface area contributed by atoms with Crippen molar-refractivity contribution in [2.75, 3.05) is 6.61 Å². The maximum Gasteiger partial charge on any atom is 0.164 e. The van der Waals surface area contributed by atoms with Crippen molar-refractivity contribution in [2.45, 2.75) is 25.8 Å². The summed E-state index contributed by atoms with van der Waals surface area (Å²) in [5.74, 6) is 0.658. The van der Waals surface area contributed by atoms with E-state index in [1.54, 1.807) is 18.5 Å². The molecule has 21 heavy (non-hydrogen) atoms. The number of hydrogen-bond donors (Lipinski definition) is 1. The van der Waals surface area contributed by atoms with Gasteiger partial charge < -0.3 is 10.5 Å². The van der Waals surface area contributed by atoms with Gasteiger partial charge in [-0.2, -0.15) is 0 Å². The van der Waals surface area contributed by atoms with Gasteiger partial charge in [0.05, 0.1) is 12.8 Å². The average Bonchev–Trinajstić information content (AvgIpc) is 2.53. The van der Waals surface area contributed by atoms with E-state index in [2.05, 4.69) is 4.98 Å². The zero-order valence-electron chi connectivity index (χ0n) is 12.2. The predicted molar refractivity (Wildman–Crippen MR) is 82.3 cm³/mol. The zero-order valence-corrected chi connectivity index (χ0v) is 12.2. The molecule has 1 aromatic heterocycles. The Bertz CT molecular complexity index is 584. The monoisotopic (exact) mass is 284 g/mol. The van der Waals surface area contributed by atoms with Crippen LogP contribution in [0.1, 0.15) is 41.7 Å². The topological polar surface area (TPSA) is 65.2 Å². The molecule has 2 aromatic rings. The molecule has 4 nitrogen and oxygen atoms in total. The summed E-state index contributed by atoms with van der Waals surface area (Å²) in [5.41, 5.74) is 7.72. The molecule has 0 saturated heterocycles. The third-order valence-electron chi connectivity index (χ3n) is 3.26. The molecule has 0 bridgehead atoms. The summed E-state index contributed by atoms with van der Waals surface area (Å²) in [7, 11) is 0. The molecule has 4 heteroatoms. The second-order valence-corrected chi connectivity index (χ2v) is 4.82. The van der Waals surface area contributed by atoms with Crippen LogP contribution >= 0.6 is 0 Å². The van der Waals surface area contributed by atoms with Crippen LogP contribution in [0.5, 0.6) is 5.75 Å². The highest BCUT2D eigenvalue weighted by molar-refractivity contribution is 5.96. The Kier molecular flexibility index (Phi) is 5.46. The van der Waals surface area contributed by atoms with Gasteiger partial charge in [-0.3, -0.25) is 9.78 Å². The van der Waals surface area contributed by atoms with Gasteiger partial charge in [0.1, 0.15) is 5.75 Å². The molecule has 0 radical (unpaired) electrons. The van der Waals surface area contributed by atoms with E-state index in [0.29, 0.717) is 30.8 Å².